The summed E-state index contributed by atoms with van der Waals surface area (Å²) in [5.74, 6) is -3.39. The molecule has 0 radical (unpaired) electrons. The Morgan fingerprint density at radius 1 is 0.754 bits per heavy atom. The zero-order valence-electron chi connectivity index (χ0n) is 32.5. The highest BCUT2D eigenvalue weighted by Crippen LogP contribution is 2.28. The number of hydrogen-bond acceptors (Lipinski definition) is 14. The largest absolute Gasteiger partial charge is 0.465 e. The van der Waals surface area contributed by atoms with Crippen LogP contribution in [0.4, 0.5) is 15.5 Å². The smallest absolute Gasteiger partial charge is 0.408 e. The number of H-pyrrole nitrogens is 1. The molecule has 0 saturated heterocycles. The van der Waals surface area contributed by atoms with Crippen LogP contribution in [0, 0.1) is 17.3 Å². The van der Waals surface area contributed by atoms with Gasteiger partial charge in [-0.1, -0.05) is 88.4 Å². The number of nitrogen functional groups attached to an aromatic ring is 1. The molecule has 2 heterocycles. The minimum absolute atomic E-state index is 0.00152. The summed E-state index contributed by atoms with van der Waals surface area (Å²) in [5, 5.41) is 5.10. The molecule has 0 aliphatic heterocycles. The van der Waals surface area contributed by atoms with E-state index in [4.69, 9.17) is 29.4 Å². The number of aromatic nitrogens is 4. The summed E-state index contributed by atoms with van der Waals surface area (Å²) in [6.07, 6.45) is -0.338. The first kappa shape index (κ1) is 43.3. The van der Waals surface area contributed by atoms with Gasteiger partial charge in [-0.3, -0.25) is 14.6 Å². The second-order valence-corrected chi connectivity index (χ2v) is 14.2. The number of amides is 2. The Balaban J connectivity index is 1.55. The molecule has 0 spiro atoms. The van der Waals surface area contributed by atoms with Crippen molar-refractivity contribution in [1.82, 2.24) is 30.2 Å². The molecule has 4 aromatic rings. The molecule has 2 atom stereocenters. The van der Waals surface area contributed by atoms with Crippen molar-refractivity contribution >= 4 is 47.2 Å². The number of nitrogens with zero attached hydrogens (tertiary/aromatic N) is 3. The van der Waals surface area contributed by atoms with E-state index in [0.717, 1.165) is 11.1 Å². The fourth-order valence-electron chi connectivity index (χ4n) is 5.50. The summed E-state index contributed by atoms with van der Waals surface area (Å²) in [7, 11) is 0. The summed E-state index contributed by atoms with van der Waals surface area (Å²) >= 11 is 0. The fraction of sp³-hybridized carbons (Fsp3) is 0.436. The Kier molecular flexibility index (Phi) is 15.5. The molecule has 18 nitrogen and oxygen atoms in total. The molecule has 57 heavy (non-hydrogen) atoms. The lowest BCUT2D eigenvalue weighted by atomic mass is 9.86. The number of nitrogens with one attached hydrogen (secondary N) is 3. The third-order valence-corrected chi connectivity index (χ3v) is 8.81. The van der Waals surface area contributed by atoms with E-state index >= 15 is 0 Å². The molecule has 18 heteroatoms. The van der Waals surface area contributed by atoms with Crippen molar-refractivity contribution in [2.45, 2.75) is 72.9 Å². The molecule has 2 amide bonds. The van der Waals surface area contributed by atoms with Crippen LogP contribution in [0.25, 0.3) is 11.2 Å². The first-order valence-corrected chi connectivity index (χ1v) is 18.3. The molecule has 0 bridgehead atoms. The minimum Gasteiger partial charge on any atom is -0.465 e. The average Bonchev–Trinajstić information content (AvgIpc) is 3.60. The van der Waals surface area contributed by atoms with Gasteiger partial charge in [0.1, 0.15) is 45.1 Å². The highest BCUT2D eigenvalue weighted by molar-refractivity contribution is 5.82. The summed E-state index contributed by atoms with van der Waals surface area (Å²) in [4.78, 5) is 88.1. The van der Waals surface area contributed by atoms with Crippen LogP contribution in [-0.4, -0.2) is 81.5 Å². The maximum atomic E-state index is 13.6. The molecule has 4 rings (SSSR count). The standard InChI is InChI=1S/C39H49N7O11/c1-24(2)29(42-37(51)53-18-27-12-8-6-9-13-27)34(49)56-21-39(20-55-26(5)47,16-17-46-23-41-31-32(46)44-36(40)45-33(31)48)22-57-35(50)30(25(3)4)43-38(52)54-19-28-14-10-7-11-15-28/h6-15,23-25,29-30H,16-22H2,1-5H3,(H,42,51)(H,43,52)(H3,40,44,45,48). The van der Waals surface area contributed by atoms with E-state index in [1.165, 1.54) is 17.8 Å². The number of anilines is 1. The summed E-state index contributed by atoms with van der Waals surface area (Å²) in [6.45, 7) is 6.61. The van der Waals surface area contributed by atoms with E-state index in [2.05, 4.69) is 25.6 Å². The minimum atomic E-state index is -1.43. The number of imidazole rings is 1. The van der Waals surface area contributed by atoms with Crippen molar-refractivity contribution in [3.63, 3.8) is 0 Å². The average molecular weight is 792 g/mol. The van der Waals surface area contributed by atoms with Gasteiger partial charge in [-0.15, -0.1) is 0 Å². The number of carbonyl (C=O) groups excluding carboxylic acids is 5. The molecule has 0 aliphatic carbocycles. The lowest BCUT2D eigenvalue weighted by molar-refractivity contribution is -0.165. The van der Waals surface area contributed by atoms with Crippen LogP contribution in [-0.2, 0) is 57.8 Å². The van der Waals surface area contributed by atoms with Crippen LogP contribution in [0.2, 0.25) is 0 Å². The molecule has 2 unspecified atom stereocenters. The highest BCUT2D eigenvalue weighted by atomic mass is 16.6. The predicted octanol–water partition coefficient (Wildman–Crippen LogP) is 3.63. The number of rotatable bonds is 19. The normalized spacial score (nSPS) is 13.2. The number of aromatic amines is 1. The fourth-order valence-corrected chi connectivity index (χ4v) is 5.50. The van der Waals surface area contributed by atoms with Crippen molar-refractivity contribution in [1.29, 1.82) is 0 Å². The number of fused-ring (bicyclic) bond motifs is 1. The third kappa shape index (κ3) is 13.1. The van der Waals surface area contributed by atoms with Crippen molar-refractivity contribution in [3.05, 3.63) is 88.5 Å². The van der Waals surface area contributed by atoms with E-state index < -0.39 is 84.8 Å². The Hall–Kier alpha value is -6.46. The first-order chi connectivity index (χ1) is 27.2. The Morgan fingerprint density at radius 3 is 1.68 bits per heavy atom. The van der Waals surface area contributed by atoms with Gasteiger partial charge in [0, 0.05) is 13.5 Å². The quantitative estimate of drug-likeness (QED) is 0.0783. The second-order valence-electron chi connectivity index (χ2n) is 14.2. The van der Waals surface area contributed by atoms with Gasteiger partial charge in [0.2, 0.25) is 5.95 Å². The van der Waals surface area contributed by atoms with E-state index in [1.54, 1.807) is 76.2 Å². The van der Waals surface area contributed by atoms with Crippen molar-refractivity contribution in [2.75, 3.05) is 25.6 Å². The number of alkyl carbamates (subject to hydrolysis) is 2. The number of nitrogens with two attached hydrogens (primary N) is 1. The van der Waals surface area contributed by atoms with Gasteiger partial charge in [-0.25, -0.2) is 24.2 Å². The van der Waals surface area contributed by atoms with Crippen LogP contribution >= 0.6 is 0 Å². The number of benzene rings is 2. The lowest BCUT2D eigenvalue weighted by Crippen LogP contribution is -2.49. The van der Waals surface area contributed by atoms with Gasteiger partial charge >= 0.3 is 30.1 Å². The maximum absolute atomic E-state index is 13.6. The monoisotopic (exact) mass is 791 g/mol. The number of aryl methyl sites for hydroxylation is 1. The number of esters is 3. The van der Waals surface area contributed by atoms with Gasteiger partial charge in [0.05, 0.1) is 11.7 Å². The molecule has 306 valence electrons. The highest BCUT2D eigenvalue weighted by Gasteiger charge is 2.39. The van der Waals surface area contributed by atoms with Crippen LogP contribution < -0.4 is 21.9 Å². The van der Waals surface area contributed by atoms with E-state index in [9.17, 15) is 28.8 Å². The summed E-state index contributed by atoms with van der Waals surface area (Å²) in [6, 6.07) is 15.7. The molecule has 5 N–H and O–H groups in total. The predicted molar refractivity (Wildman–Crippen MR) is 205 cm³/mol. The second kappa shape index (κ2) is 20.5. The molecular formula is C39H49N7O11. The van der Waals surface area contributed by atoms with Gasteiger partial charge in [0.15, 0.2) is 11.2 Å². The van der Waals surface area contributed by atoms with E-state index in [-0.39, 0.29) is 43.3 Å². The van der Waals surface area contributed by atoms with Gasteiger partial charge in [-0.05, 0) is 29.4 Å². The van der Waals surface area contributed by atoms with Crippen molar-refractivity contribution < 1.29 is 47.7 Å². The Labute approximate surface area is 328 Å². The van der Waals surface area contributed by atoms with Crippen LogP contribution in [0.15, 0.2) is 71.8 Å². The Bertz CT molecular complexity index is 1950. The van der Waals surface area contributed by atoms with E-state index in [0.29, 0.717) is 0 Å². The zero-order chi connectivity index (χ0) is 41.5. The van der Waals surface area contributed by atoms with Crippen LogP contribution in [0.1, 0.15) is 52.2 Å². The summed E-state index contributed by atoms with van der Waals surface area (Å²) < 4.78 is 29.2. The Morgan fingerprint density at radius 2 is 1.23 bits per heavy atom. The van der Waals surface area contributed by atoms with Gasteiger partial charge in [0.25, 0.3) is 5.56 Å². The van der Waals surface area contributed by atoms with Crippen molar-refractivity contribution in [3.8, 4) is 0 Å². The van der Waals surface area contributed by atoms with Gasteiger partial charge < -0.3 is 44.6 Å². The van der Waals surface area contributed by atoms with Crippen molar-refractivity contribution in [2.24, 2.45) is 17.3 Å². The molecule has 0 fully saturated rings. The molecule has 0 aliphatic rings. The zero-order valence-corrected chi connectivity index (χ0v) is 32.5. The molecule has 0 saturated carbocycles. The number of carbonyl (C=O) groups is 5. The molecule has 2 aromatic heterocycles. The maximum Gasteiger partial charge on any atom is 0.408 e. The SMILES string of the molecule is CC(=O)OCC(CCn1cnc2c(=O)[nH]c(N)nc21)(COC(=O)C(NC(=O)OCc1ccccc1)C(C)C)COC(=O)C(NC(=O)OCc1ccccc1)C(C)C. The van der Waals surface area contributed by atoms with E-state index in [1.807, 2.05) is 12.1 Å². The summed E-state index contributed by atoms with van der Waals surface area (Å²) in [5.41, 5.74) is 5.46. The number of hydrogen-bond donors (Lipinski definition) is 4. The van der Waals surface area contributed by atoms with Gasteiger partial charge in [-0.2, -0.15) is 4.98 Å². The third-order valence-electron chi connectivity index (χ3n) is 8.81. The van der Waals surface area contributed by atoms with Crippen LogP contribution in [0.5, 0.6) is 0 Å². The molecule has 2 aromatic carbocycles. The number of ether oxygens (including phenoxy) is 5. The van der Waals surface area contributed by atoms with Crippen LogP contribution in [0.3, 0.4) is 0 Å². The first-order valence-electron chi connectivity index (χ1n) is 18.3. The molecular weight excluding hydrogens is 742 g/mol. The lowest BCUT2D eigenvalue weighted by Gasteiger charge is -2.34. The topological polar surface area (TPSA) is 245 Å².